The number of thioether (sulfide) groups is 1. The first kappa shape index (κ1) is 13.0. The summed E-state index contributed by atoms with van der Waals surface area (Å²) in [6, 6.07) is 11.1. The number of hydrogen-bond acceptors (Lipinski definition) is 4. The summed E-state index contributed by atoms with van der Waals surface area (Å²) in [5.74, 6) is 0. The molecule has 3 rings (SSSR count). The molecule has 1 fully saturated rings. The van der Waals surface area contributed by atoms with Crippen molar-refractivity contribution >= 4 is 16.9 Å². The van der Waals surface area contributed by atoms with Crippen LogP contribution in [0.5, 0.6) is 0 Å². The van der Waals surface area contributed by atoms with Crippen LogP contribution in [0.4, 0.5) is 0 Å². The Bertz CT molecular complexity index is 449. The predicted octanol–water partition coefficient (Wildman–Crippen LogP) is 2.99. The van der Waals surface area contributed by atoms with E-state index in [1.807, 2.05) is 11.8 Å². The maximum absolute atomic E-state index is 5.52. The third-order valence-electron chi connectivity index (χ3n) is 3.89. The van der Waals surface area contributed by atoms with Gasteiger partial charge in [-0.2, -0.15) is 0 Å². The van der Waals surface area contributed by atoms with E-state index < -0.39 is 0 Å². The van der Waals surface area contributed by atoms with Crippen LogP contribution in [0.3, 0.4) is 0 Å². The lowest BCUT2D eigenvalue weighted by Gasteiger charge is -2.20. The fourth-order valence-corrected chi connectivity index (χ4v) is 3.91. The molecular formula is C15H20N2OS. The van der Waals surface area contributed by atoms with Crippen LogP contribution in [0.15, 0.2) is 35.3 Å². The van der Waals surface area contributed by atoms with Crippen molar-refractivity contribution in [3.8, 4) is 0 Å². The summed E-state index contributed by atoms with van der Waals surface area (Å²) in [7, 11) is 1.81. The van der Waals surface area contributed by atoms with E-state index in [0.717, 1.165) is 18.1 Å². The van der Waals surface area contributed by atoms with E-state index in [4.69, 9.17) is 4.74 Å². The van der Waals surface area contributed by atoms with Gasteiger partial charge < -0.3 is 10.1 Å². The number of ether oxygens (including phenoxy) is 1. The van der Waals surface area contributed by atoms with Crippen molar-refractivity contribution in [3.05, 3.63) is 35.9 Å². The summed E-state index contributed by atoms with van der Waals surface area (Å²) in [5, 5.41) is 5.12. The molecule has 0 radical (unpaired) electrons. The average molecular weight is 276 g/mol. The van der Waals surface area contributed by atoms with Gasteiger partial charge in [0.05, 0.1) is 23.9 Å². The van der Waals surface area contributed by atoms with Crippen molar-refractivity contribution in [1.82, 2.24) is 5.32 Å². The second kappa shape index (κ2) is 5.97. The van der Waals surface area contributed by atoms with Gasteiger partial charge in [0.2, 0.25) is 0 Å². The van der Waals surface area contributed by atoms with Crippen LogP contribution in [0, 0.1) is 0 Å². The van der Waals surface area contributed by atoms with Crippen molar-refractivity contribution < 1.29 is 4.74 Å². The summed E-state index contributed by atoms with van der Waals surface area (Å²) < 4.78 is 5.52. The Kier molecular flexibility index (Phi) is 4.09. The second-order valence-corrected chi connectivity index (χ2v) is 6.31. The van der Waals surface area contributed by atoms with Crippen LogP contribution in [0.1, 0.15) is 30.1 Å². The van der Waals surface area contributed by atoms with Gasteiger partial charge in [-0.15, -0.1) is 0 Å². The lowest BCUT2D eigenvalue weighted by atomic mass is 10.1. The first-order valence-electron chi connectivity index (χ1n) is 6.92. The fourth-order valence-electron chi connectivity index (χ4n) is 2.83. The zero-order chi connectivity index (χ0) is 13.1. The highest BCUT2D eigenvalue weighted by molar-refractivity contribution is 8.14. The molecule has 2 aliphatic rings. The van der Waals surface area contributed by atoms with Crippen LogP contribution >= 0.6 is 11.8 Å². The average Bonchev–Trinajstić information content (AvgIpc) is 3.09. The molecule has 102 valence electrons. The van der Waals surface area contributed by atoms with Crippen molar-refractivity contribution in [2.24, 2.45) is 4.99 Å². The van der Waals surface area contributed by atoms with Gasteiger partial charge in [-0.05, 0) is 24.8 Å². The Labute approximate surface area is 118 Å². The molecule has 19 heavy (non-hydrogen) atoms. The molecule has 1 aliphatic carbocycles. The fraction of sp³-hybridized carbons (Fsp3) is 0.533. The van der Waals surface area contributed by atoms with E-state index >= 15 is 0 Å². The molecule has 1 saturated carbocycles. The largest absolute Gasteiger partial charge is 0.379 e. The van der Waals surface area contributed by atoms with Crippen molar-refractivity contribution in [3.63, 3.8) is 0 Å². The number of aliphatic imine (C=N–C) groups is 1. The summed E-state index contributed by atoms with van der Waals surface area (Å²) >= 11 is 1.85. The van der Waals surface area contributed by atoms with Crippen molar-refractivity contribution in [2.45, 2.75) is 36.7 Å². The normalized spacial score (nSPS) is 30.4. The van der Waals surface area contributed by atoms with Gasteiger partial charge in [-0.25, -0.2) is 0 Å². The lowest BCUT2D eigenvalue weighted by molar-refractivity contribution is 0.0910. The van der Waals surface area contributed by atoms with Crippen LogP contribution < -0.4 is 5.32 Å². The third-order valence-corrected chi connectivity index (χ3v) is 5.07. The maximum Gasteiger partial charge on any atom is 0.157 e. The maximum atomic E-state index is 5.52. The molecule has 3 nitrogen and oxygen atoms in total. The minimum absolute atomic E-state index is 0.346. The molecule has 1 aromatic carbocycles. The molecule has 1 aliphatic heterocycles. The zero-order valence-corrected chi connectivity index (χ0v) is 12.0. The number of hydrogen-bond donors (Lipinski definition) is 1. The van der Waals surface area contributed by atoms with Gasteiger partial charge in [0.25, 0.3) is 0 Å². The first-order valence-corrected chi connectivity index (χ1v) is 7.80. The van der Waals surface area contributed by atoms with Crippen LogP contribution in [-0.2, 0) is 4.74 Å². The SMILES string of the molecule is COC1CCCC1NC1=NCC(c2ccccc2)S1. The quantitative estimate of drug-likeness (QED) is 0.921. The molecule has 0 amide bonds. The summed E-state index contributed by atoms with van der Waals surface area (Å²) in [5.41, 5.74) is 1.36. The second-order valence-electron chi connectivity index (χ2n) is 5.12. The Balaban J connectivity index is 1.57. The standard InChI is InChI=1S/C15H20N2OS/c1-18-13-9-5-8-12(13)17-15-16-10-14(19-15)11-6-3-2-4-7-11/h2-4,6-7,12-14H,5,8-10H2,1H3,(H,16,17). The Morgan fingerprint density at radius 1 is 1.26 bits per heavy atom. The van der Waals surface area contributed by atoms with E-state index in [-0.39, 0.29) is 0 Å². The van der Waals surface area contributed by atoms with E-state index in [1.54, 1.807) is 7.11 Å². The number of amidine groups is 1. The number of rotatable bonds is 3. The number of benzene rings is 1. The molecule has 3 atom stereocenters. The van der Waals surface area contributed by atoms with Crippen molar-refractivity contribution in [1.29, 1.82) is 0 Å². The predicted molar refractivity (Wildman–Crippen MR) is 80.6 cm³/mol. The van der Waals surface area contributed by atoms with Gasteiger partial charge in [0, 0.05) is 7.11 Å². The Hall–Kier alpha value is -1.00. The summed E-state index contributed by atoms with van der Waals surface area (Å²) in [6.07, 6.45) is 3.94. The lowest BCUT2D eigenvalue weighted by Crippen LogP contribution is -2.39. The van der Waals surface area contributed by atoms with E-state index in [1.165, 1.54) is 18.4 Å². The minimum Gasteiger partial charge on any atom is -0.379 e. The van der Waals surface area contributed by atoms with E-state index in [9.17, 15) is 0 Å². The Morgan fingerprint density at radius 2 is 2.11 bits per heavy atom. The van der Waals surface area contributed by atoms with E-state index in [2.05, 4.69) is 40.6 Å². The van der Waals surface area contributed by atoms with Gasteiger partial charge >= 0.3 is 0 Å². The molecule has 0 saturated heterocycles. The number of nitrogens with zero attached hydrogens (tertiary/aromatic N) is 1. The van der Waals surface area contributed by atoms with Crippen molar-refractivity contribution in [2.75, 3.05) is 13.7 Å². The zero-order valence-electron chi connectivity index (χ0n) is 11.2. The van der Waals surface area contributed by atoms with Crippen LogP contribution in [0.25, 0.3) is 0 Å². The minimum atomic E-state index is 0.346. The van der Waals surface area contributed by atoms with Crippen LogP contribution in [0.2, 0.25) is 0 Å². The summed E-state index contributed by atoms with van der Waals surface area (Å²) in [4.78, 5) is 4.64. The molecule has 0 spiro atoms. The number of methoxy groups -OCH3 is 1. The summed E-state index contributed by atoms with van der Waals surface area (Å²) in [6.45, 7) is 0.876. The molecule has 0 aromatic heterocycles. The molecule has 1 N–H and O–H groups in total. The molecule has 4 heteroatoms. The van der Waals surface area contributed by atoms with Gasteiger partial charge in [-0.1, -0.05) is 42.1 Å². The third kappa shape index (κ3) is 2.95. The molecule has 1 aromatic rings. The van der Waals surface area contributed by atoms with E-state index in [0.29, 0.717) is 17.4 Å². The highest BCUT2D eigenvalue weighted by Crippen LogP contribution is 2.35. The molecule has 1 heterocycles. The monoisotopic (exact) mass is 276 g/mol. The topological polar surface area (TPSA) is 33.6 Å². The smallest absolute Gasteiger partial charge is 0.157 e. The van der Waals surface area contributed by atoms with Gasteiger partial charge in [0.1, 0.15) is 0 Å². The molecule has 3 unspecified atom stereocenters. The first-order chi connectivity index (χ1) is 9.36. The van der Waals surface area contributed by atoms with Gasteiger partial charge in [-0.3, -0.25) is 4.99 Å². The number of nitrogens with one attached hydrogen (secondary N) is 1. The highest BCUT2D eigenvalue weighted by atomic mass is 32.2. The Morgan fingerprint density at radius 3 is 2.89 bits per heavy atom. The highest BCUT2D eigenvalue weighted by Gasteiger charge is 2.30. The molecule has 0 bridgehead atoms. The van der Waals surface area contributed by atoms with Crippen LogP contribution in [-0.4, -0.2) is 31.0 Å². The van der Waals surface area contributed by atoms with Gasteiger partial charge in [0.15, 0.2) is 5.17 Å². The molecular weight excluding hydrogens is 256 g/mol.